The molecule has 0 aliphatic heterocycles. The molecule has 34 heavy (non-hydrogen) atoms. The van der Waals surface area contributed by atoms with Crippen molar-refractivity contribution in [1.82, 2.24) is 4.98 Å². The van der Waals surface area contributed by atoms with E-state index in [1.165, 1.54) is 0 Å². The van der Waals surface area contributed by atoms with Gasteiger partial charge in [0.15, 0.2) is 5.71 Å². The number of likely N-dealkylation sites (N-methyl/N-ethyl adjacent to an activating group) is 1. The average molecular weight is 466 g/mol. The lowest BCUT2D eigenvalue weighted by atomic mass is 10.00. The van der Waals surface area contributed by atoms with Gasteiger partial charge in [-0.25, -0.2) is 9.59 Å². The smallest absolute Gasteiger partial charge is 0.356 e. The van der Waals surface area contributed by atoms with Crippen LogP contribution in [0.5, 0.6) is 0 Å². The number of benzene rings is 2. The number of oxime groups is 1. The van der Waals surface area contributed by atoms with Crippen molar-refractivity contribution in [3.8, 4) is 0 Å². The molecule has 2 N–H and O–H groups in total. The molecule has 1 aromatic heterocycles. The number of fused-ring (bicyclic) bond motifs is 1. The minimum atomic E-state index is -0.672. The summed E-state index contributed by atoms with van der Waals surface area (Å²) in [6.07, 6.45) is 1.84. The lowest BCUT2D eigenvalue weighted by Crippen LogP contribution is -2.43. The van der Waals surface area contributed by atoms with Gasteiger partial charge in [-0.1, -0.05) is 55.4 Å². The molecule has 0 unspecified atom stereocenters. The van der Waals surface area contributed by atoms with Crippen LogP contribution >= 0.6 is 0 Å². The van der Waals surface area contributed by atoms with Gasteiger partial charge >= 0.3 is 11.9 Å². The molecular formula is C26H31N3O5. The van der Waals surface area contributed by atoms with Crippen molar-refractivity contribution in [1.29, 1.82) is 0 Å². The maximum Gasteiger partial charge on any atom is 0.356 e. The summed E-state index contributed by atoms with van der Waals surface area (Å²) in [5, 5.41) is 13.3. The number of nitrogens with zero attached hydrogens (tertiary/aromatic N) is 2. The molecular weight excluding hydrogens is 434 g/mol. The van der Waals surface area contributed by atoms with Gasteiger partial charge in [0.05, 0.1) is 6.61 Å². The lowest BCUT2D eigenvalue weighted by Gasteiger charge is -2.32. The molecule has 0 bridgehead atoms. The summed E-state index contributed by atoms with van der Waals surface area (Å²) in [5.41, 5.74) is 3.21. The number of H-pyrrole nitrogens is 1. The maximum absolute atomic E-state index is 13.1. The summed E-state index contributed by atoms with van der Waals surface area (Å²) in [6, 6.07) is 14.7. The summed E-state index contributed by atoms with van der Waals surface area (Å²) < 4.78 is 10.6. The standard InChI is InChI=1S/C26H31N3O5/c1-5-33-25(30)21(28-32)14-19-15-27-20-12-9-13-22(23(19)20)29(4)24(17(2)3)26(31)34-16-18-10-7-6-8-11-18/h6-13,15,17,24,27,32H,5,14,16H2,1-4H3/b28-21+/t24-/m0/s1. The zero-order valence-corrected chi connectivity index (χ0v) is 19.9. The number of hydrogen-bond acceptors (Lipinski definition) is 7. The van der Waals surface area contributed by atoms with Crippen LogP contribution in [0.15, 0.2) is 59.9 Å². The number of esters is 2. The van der Waals surface area contributed by atoms with E-state index in [9.17, 15) is 14.8 Å². The van der Waals surface area contributed by atoms with Crippen molar-refractivity contribution in [3.05, 3.63) is 65.9 Å². The van der Waals surface area contributed by atoms with Crippen LogP contribution in [-0.4, -0.2) is 47.5 Å². The fourth-order valence-electron chi connectivity index (χ4n) is 4.05. The Kier molecular flexibility index (Phi) is 8.29. The van der Waals surface area contributed by atoms with E-state index in [0.29, 0.717) is 0 Å². The number of anilines is 1. The molecule has 0 saturated heterocycles. The predicted molar refractivity (Wildman–Crippen MR) is 131 cm³/mol. The highest BCUT2D eigenvalue weighted by Gasteiger charge is 2.30. The minimum absolute atomic E-state index is 0.0278. The van der Waals surface area contributed by atoms with E-state index in [0.717, 1.165) is 27.7 Å². The van der Waals surface area contributed by atoms with E-state index in [1.807, 2.05) is 74.3 Å². The van der Waals surface area contributed by atoms with Crippen LogP contribution in [0.2, 0.25) is 0 Å². The third-order valence-corrected chi connectivity index (χ3v) is 5.65. The molecule has 3 rings (SSSR count). The van der Waals surface area contributed by atoms with Crippen LogP contribution in [0.1, 0.15) is 31.9 Å². The number of rotatable bonds is 10. The largest absolute Gasteiger partial charge is 0.461 e. The van der Waals surface area contributed by atoms with Crippen LogP contribution in [0, 0.1) is 5.92 Å². The van der Waals surface area contributed by atoms with Gasteiger partial charge < -0.3 is 24.6 Å². The molecule has 1 atom stereocenters. The second kappa shape index (κ2) is 11.4. The Hall–Kier alpha value is -3.81. The molecule has 1 heterocycles. The summed E-state index contributed by atoms with van der Waals surface area (Å²) >= 11 is 0. The Balaban J connectivity index is 1.90. The predicted octanol–water partition coefficient (Wildman–Crippen LogP) is 4.31. The third-order valence-electron chi connectivity index (χ3n) is 5.65. The van der Waals surface area contributed by atoms with Gasteiger partial charge in [-0.05, 0) is 36.1 Å². The first-order valence-electron chi connectivity index (χ1n) is 11.3. The van der Waals surface area contributed by atoms with Crippen molar-refractivity contribution < 1.29 is 24.3 Å². The van der Waals surface area contributed by atoms with Crippen LogP contribution < -0.4 is 4.90 Å². The first kappa shape index (κ1) is 24.8. The molecule has 2 aromatic carbocycles. The second-order valence-electron chi connectivity index (χ2n) is 8.35. The van der Waals surface area contributed by atoms with Crippen LogP contribution in [0.4, 0.5) is 5.69 Å². The van der Waals surface area contributed by atoms with Crippen molar-refractivity contribution >= 4 is 34.2 Å². The summed E-state index contributed by atoms with van der Waals surface area (Å²) in [6.45, 7) is 6.02. The van der Waals surface area contributed by atoms with Gasteiger partial charge in [0.25, 0.3) is 0 Å². The SMILES string of the molecule is CCOC(=O)/C(Cc1c[nH]c2cccc(N(C)[C@H](C(=O)OCc3ccccc3)C(C)C)c12)=N/O. The minimum Gasteiger partial charge on any atom is -0.461 e. The molecule has 0 aliphatic rings. The van der Waals surface area contributed by atoms with Crippen molar-refractivity contribution in [2.75, 3.05) is 18.6 Å². The van der Waals surface area contributed by atoms with Crippen molar-refractivity contribution in [2.45, 2.75) is 39.8 Å². The van der Waals surface area contributed by atoms with Gasteiger partial charge in [-0.15, -0.1) is 0 Å². The topological polar surface area (TPSA) is 104 Å². The Morgan fingerprint density at radius 1 is 1.09 bits per heavy atom. The highest BCUT2D eigenvalue weighted by Crippen LogP contribution is 2.32. The van der Waals surface area contributed by atoms with Gasteiger partial charge in [-0.3, -0.25) is 0 Å². The number of aromatic nitrogens is 1. The van der Waals surface area contributed by atoms with Crippen LogP contribution in [0.25, 0.3) is 10.9 Å². The maximum atomic E-state index is 13.1. The monoisotopic (exact) mass is 465 g/mol. The number of ether oxygens (including phenoxy) is 2. The average Bonchev–Trinajstić information content (AvgIpc) is 3.24. The summed E-state index contributed by atoms with van der Waals surface area (Å²) in [4.78, 5) is 30.4. The first-order valence-corrected chi connectivity index (χ1v) is 11.3. The zero-order valence-electron chi connectivity index (χ0n) is 19.9. The highest BCUT2D eigenvalue weighted by atomic mass is 16.5. The Morgan fingerprint density at radius 2 is 1.82 bits per heavy atom. The Morgan fingerprint density at radius 3 is 2.47 bits per heavy atom. The van der Waals surface area contributed by atoms with E-state index in [4.69, 9.17) is 9.47 Å². The lowest BCUT2D eigenvalue weighted by molar-refractivity contribution is -0.147. The van der Waals surface area contributed by atoms with Gasteiger partial charge in [0.2, 0.25) is 0 Å². The van der Waals surface area contributed by atoms with E-state index in [-0.39, 0.29) is 37.2 Å². The van der Waals surface area contributed by atoms with Crippen molar-refractivity contribution in [3.63, 3.8) is 0 Å². The number of carbonyl (C=O) groups is 2. The molecule has 8 heteroatoms. The zero-order chi connectivity index (χ0) is 24.7. The van der Waals surface area contributed by atoms with E-state index < -0.39 is 12.0 Å². The van der Waals surface area contributed by atoms with Gasteiger partial charge in [0, 0.05) is 36.3 Å². The molecule has 0 amide bonds. The van der Waals surface area contributed by atoms with Gasteiger partial charge in [0.1, 0.15) is 12.6 Å². The van der Waals surface area contributed by atoms with Crippen molar-refractivity contribution in [2.24, 2.45) is 11.1 Å². The number of nitrogens with one attached hydrogen (secondary N) is 1. The molecule has 0 spiro atoms. The normalized spacial score (nSPS) is 12.6. The molecule has 0 radical (unpaired) electrons. The summed E-state index contributed by atoms with van der Waals surface area (Å²) in [7, 11) is 1.85. The van der Waals surface area contributed by atoms with E-state index in [1.54, 1.807) is 13.1 Å². The third kappa shape index (κ3) is 5.57. The Bertz CT molecular complexity index is 1150. The number of carbonyl (C=O) groups excluding carboxylic acids is 2. The van der Waals surface area contributed by atoms with Crippen LogP contribution in [0.3, 0.4) is 0 Å². The number of hydrogen-bond donors (Lipinski definition) is 2. The van der Waals surface area contributed by atoms with Crippen LogP contribution in [-0.2, 0) is 32.1 Å². The van der Waals surface area contributed by atoms with E-state index >= 15 is 0 Å². The van der Waals surface area contributed by atoms with Gasteiger partial charge in [-0.2, -0.15) is 0 Å². The second-order valence-corrected chi connectivity index (χ2v) is 8.35. The summed E-state index contributed by atoms with van der Waals surface area (Å²) in [5.74, 6) is -1.02. The highest BCUT2D eigenvalue weighted by molar-refractivity contribution is 6.37. The molecule has 0 aliphatic carbocycles. The fraction of sp³-hybridized carbons (Fsp3) is 0.346. The molecule has 180 valence electrons. The first-order chi connectivity index (χ1) is 16.4. The number of aromatic amines is 1. The molecule has 0 fully saturated rings. The quantitative estimate of drug-likeness (QED) is 0.200. The fourth-order valence-corrected chi connectivity index (χ4v) is 4.05. The Labute approximate surface area is 199 Å². The molecule has 3 aromatic rings. The van der Waals surface area contributed by atoms with E-state index in [2.05, 4.69) is 10.1 Å². The molecule has 8 nitrogen and oxygen atoms in total. The molecule has 0 saturated carbocycles.